The van der Waals surface area contributed by atoms with Gasteiger partial charge in [0.05, 0.1) is 11.1 Å². The van der Waals surface area contributed by atoms with Crippen molar-refractivity contribution in [1.82, 2.24) is 0 Å². The van der Waals surface area contributed by atoms with E-state index in [1.807, 2.05) is 0 Å². The molecule has 3 rings (SSSR count). The number of rotatable bonds is 1. The molecule has 21 heavy (non-hydrogen) atoms. The molecule has 2 aromatic carbocycles. The summed E-state index contributed by atoms with van der Waals surface area (Å²) in [7, 11) is 0. The Kier molecular flexibility index (Phi) is 3.01. The molecule has 0 radical (unpaired) electrons. The molecule has 0 fully saturated rings. The summed E-state index contributed by atoms with van der Waals surface area (Å²) in [5.41, 5.74) is 3.42. The Morgan fingerprint density at radius 3 is 2.00 bits per heavy atom. The van der Waals surface area contributed by atoms with Crippen molar-refractivity contribution >= 4 is 16.3 Å². The molecule has 0 saturated carbocycles. The summed E-state index contributed by atoms with van der Waals surface area (Å²) < 4.78 is 0. The van der Waals surface area contributed by atoms with Gasteiger partial charge in [0.25, 0.3) is 0 Å². The number of azo groups is 1. The van der Waals surface area contributed by atoms with Crippen LogP contribution >= 0.6 is 0 Å². The van der Waals surface area contributed by atoms with Crippen LogP contribution in [0.4, 0.5) is 0 Å². The second-order valence-electron chi connectivity index (χ2n) is 6.88. The Bertz CT molecular complexity index is 744. The van der Waals surface area contributed by atoms with Crippen LogP contribution in [0.1, 0.15) is 40.2 Å². The summed E-state index contributed by atoms with van der Waals surface area (Å²) in [4.78, 5) is 0. The van der Waals surface area contributed by atoms with Crippen LogP contribution in [0.25, 0.3) is 16.3 Å². The molecule has 0 atom stereocenters. The van der Waals surface area contributed by atoms with Crippen molar-refractivity contribution in [3.8, 4) is 0 Å². The molecule has 2 nitrogen and oxygen atoms in total. The van der Waals surface area contributed by atoms with Crippen molar-refractivity contribution in [3.05, 3.63) is 53.6 Å². The van der Waals surface area contributed by atoms with Crippen molar-refractivity contribution in [1.29, 1.82) is 0 Å². The van der Waals surface area contributed by atoms with E-state index in [1.165, 1.54) is 27.5 Å². The van der Waals surface area contributed by atoms with Crippen molar-refractivity contribution in [2.45, 2.75) is 45.7 Å². The fourth-order valence-electron chi connectivity index (χ4n) is 3.58. The summed E-state index contributed by atoms with van der Waals surface area (Å²) >= 11 is 0. The molecule has 0 N–H and O–H groups in total. The number of benzene rings is 2. The van der Waals surface area contributed by atoms with Crippen molar-refractivity contribution in [2.75, 3.05) is 0 Å². The van der Waals surface area contributed by atoms with Gasteiger partial charge in [0.2, 0.25) is 0 Å². The van der Waals surface area contributed by atoms with E-state index in [0.717, 1.165) is 0 Å². The van der Waals surface area contributed by atoms with Gasteiger partial charge < -0.3 is 0 Å². The van der Waals surface area contributed by atoms with Crippen molar-refractivity contribution < 1.29 is 0 Å². The van der Waals surface area contributed by atoms with Crippen LogP contribution in [-0.4, -0.2) is 11.1 Å². The fourth-order valence-corrected chi connectivity index (χ4v) is 3.58. The molecule has 1 aliphatic heterocycles. The first-order valence-electron chi connectivity index (χ1n) is 7.46. The Hall–Kier alpha value is -1.96. The van der Waals surface area contributed by atoms with Gasteiger partial charge in [-0.05, 0) is 68.2 Å². The van der Waals surface area contributed by atoms with Crippen LogP contribution in [0.3, 0.4) is 0 Å². The average molecular weight is 278 g/mol. The normalized spacial score (nSPS) is 19.2. The topological polar surface area (TPSA) is 24.7 Å². The number of allylic oxidation sites excluding steroid dienone is 1. The number of hydrogen-bond acceptors (Lipinski definition) is 2. The lowest BCUT2D eigenvalue weighted by Crippen LogP contribution is -2.28. The number of fused-ring (bicyclic) bond motifs is 1. The lowest BCUT2D eigenvalue weighted by atomic mass is 9.78. The minimum atomic E-state index is -0.223. The smallest absolute Gasteiger partial charge is 0.0998 e. The molecule has 2 aromatic rings. The van der Waals surface area contributed by atoms with E-state index in [2.05, 4.69) is 87.3 Å². The van der Waals surface area contributed by atoms with Gasteiger partial charge in [-0.15, -0.1) is 0 Å². The van der Waals surface area contributed by atoms with Crippen LogP contribution < -0.4 is 0 Å². The maximum absolute atomic E-state index is 4.48. The average Bonchev–Trinajstić information content (AvgIpc) is 2.66. The highest BCUT2D eigenvalue weighted by Crippen LogP contribution is 2.44. The highest BCUT2D eigenvalue weighted by atomic mass is 15.2. The zero-order valence-electron chi connectivity index (χ0n) is 13.4. The third-order valence-corrected chi connectivity index (χ3v) is 4.33. The maximum Gasteiger partial charge on any atom is 0.0998 e. The molecular weight excluding hydrogens is 256 g/mol. The monoisotopic (exact) mass is 278 g/mol. The van der Waals surface area contributed by atoms with E-state index in [4.69, 9.17) is 0 Å². The fraction of sp³-hybridized carbons (Fsp3) is 0.368. The molecule has 1 aliphatic rings. The van der Waals surface area contributed by atoms with Gasteiger partial charge in [-0.2, -0.15) is 10.2 Å². The molecule has 2 heteroatoms. The first-order valence-corrected chi connectivity index (χ1v) is 7.46. The predicted molar refractivity (Wildman–Crippen MR) is 89.6 cm³/mol. The molecule has 0 amide bonds. The second-order valence-corrected chi connectivity index (χ2v) is 6.88. The van der Waals surface area contributed by atoms with Gasteiger partial charge in [-0.1, -0.05) is 36.4 Å². The van der Waals surface area contributed by atoms with Crippen LogP contribution in [0.15, 0.2) is 58.3 Å². The highest BCUT2D eigenvalue weighted by molar-refractivity contribution is 5.87. The quantitative estimate of drug-likeness (QED) is 0.645. The Morgan fingerprint density at radius 2 is 1.38 bits per heavy atom. The van der Waals surface area contributed by atoms with Gasteiger partial charge in [0, 0.05) is 0 Å². The third kappa shape index (κ3) is 2.29. The van der Waals surface area contributed by atoms with E-state index in [0.29, 0.717) is 0 Å². The molecule has 108 valence electrons. The molecule has 0 aliphatic carbocycles. The van der Waals surface area contributed by atoms with Gasteiger partial charge in [-0.25, -0.2) is 0 Å². The van der Waals surface area contributed by atoms with Crippen LogP contribution in [0.2, 0.25) is 0 Å². The molecule has 0 aromatic heterocycles. The largest absolute Gasteiger partial charge is 0.183 e. The summed E-state index contributed by atoms with van der Waals surface area (Å²) in [5.74, 6) is 0. The Balaban J connectivity index is 2.19. The van der Waals surface area contributed by atoms with Crippen LogP contribution in [0.5, 0.6) is 0 Å². The molecule has 0 unspecified atom stereocenters. The molecule has 0 spiro atoms. The molecule has 0 saturated heterocycles. The molecule has 1 heterocycles. The first-order chi connectivity index (χ1) is 9.81. The summed E-state index contributed by atoms with van der Waals surface area (Å²) in [6.45, 7) is 10.8. The van der Waals surface area contributed by atoms with E-state index in [-0.39, 0.29) is 11.1 Å². The zero-order chi connectivity index (χ0) is 15.3. The molecular formula is C19H22N2. The lowest BCUT2D eigenvalue weighted by molar-refractivity contribution is 0.578. The Labute approximate surface area is 126 Å². The van der Waals surface area contributed by atoms with E-state index >= 15 is 0 Å². The number of hydrogen-bond donors (Lipinski definition) is 0. The van der Waals surface area contributed by atoms with Gasteiger partial charge in [0.15, 0.2) is 0 Å². The summed E-state index contributed by atoms with van der Waals surface area (Å²) in [5, 5.41) is 11.5. The van der Waals surface area contributed by atoms with Gasteiger partial charge >= 0.3 is 0 Å². The predicted octanol–water partition coefficient (Wildman–Crippen LogP) is 5.64. The van der Waals surface area contributed by atoms with E-state index in [1.54, 1.807) is 0 Å². The standard InChI is InChI=1S/C19H22N2/c1-13(17-18(2,3)20-21-19(17,4)5)15-11-10-14-8-6-7-9-16(14)12-15/h6-12H,1-5H3. The van der Waals surface area contributed by atoms with Gasteiger partial charge in [-0.3, -0.25) is 0 Å². The van der Waals surface area contributed by atoms with E-state index < -0.39 is 0 Å². The highest BCUT2D eigenvalue weighted by Gasteiger charge is 2.42. The summed E-state index contributed by atoms with van der Waals surface area (Å²) in [6, 6.07) is 15.1. The maximum atomic E-state index is 4.48. The lowest BCUT2D eigenvalue weighted by Gasteiger charge is -2.26. The van der Waals surface area contributed by atoms with Crippen LogP contribution in [-0.2, 0) is 0 Å². The van der Waals surface area contributed by atoms with Crippen molar-refractivity contribution in [2.24, 2.45) is 10.2 Å². The van der Waals surface area contributed by atoms with Gasteiger partial charge in [0.1, 0.15) is 0 Å². The first kappa shape index (κ1) is 14.0. The Morgan fingerprint density at radius 1 is 0.810 bits per heavy atom. The second kappa shape index (κ2) is 4.52. The SMILES string of the molecule is CC(=C1C(C)(C)N=NC1(C)C)c1ccc2ccccc2c1. The van der Waals surface area contributed by atoms with Crippen LogP contribution in [0, 0.1) is 0 Å². The molecule has 0 bridgehead atoms. The van der Waals surface area contributed by atoms with Crippen molar-refractivity contribution in [3.63, 3.8) is 0 Å². The minimum absolute atomic E-state index is 0.223. The van der Waals surface area contributed by atoms with E-state index in [9.17, 15) is 0 Å². The zero-order valence-corrected chi connectivity index (χ0v) is 13.4. The summed E-state index contributed by atoms with van der Waals surface area (Å²) in [6.07, 6.45) is 0. The number of nitrogens with zero attached hydrogens (tertiary/aromatic N) is 2. The third-order valence-electron chi connectivity index (χ3n) is 4.33. The minimum Gasteiger partial charge on any atom is -0.183 e.